The number of benzene rings is 1. The van der Waals surface area contributed by atoms with Gasteiger partial charge in [0, 0.05) is 6.54 Å². The van der Waals surface area contributed by atoms with E-state index in [1.807, 2.05) is 0 Å². The highest BCUT2D eigenvalue weighted by molar-refractivity contribution is 7.90. The average Bonchev–Trinajstić information content (AvgIpc) is 2.32. The molecule has 0 spiro atoms. The van der Waals surface area contributed by atoms with Crippen molar-refractivity contribution >= 4 is 48.9 Å². The first kappa shape index (κ1) is 18.4. The van der Waals surface area contributed by atoms with Crippen molar-refractivity contribution in [2.24, 2.45) is 10.3 Å². The minimum absolute atomic E-state index is 0.0703. The Labute approximate surface area is 132 Å². The van der Waals surface area contributed by atoms with Crippen LogP contribution in [0.15, 0.2) is 21.9 Å². The Balaban J connectivity index is 3.41. The quantitative estimate of drug-likeness (QED) is 0.496. The summed E-state index contributed by atoms with van der Waals surface area (Å²) >= 11 is 11.2. The fourth-order valence-corrected chi connectivity index (χ4v) is 3.41. The van der Waals surface area contributed by atoms with E-state index in [1.165, 1.54) is 0 Å². The van der Waals surface area contributed by atoms with Crippen molar-refractivity contribution < 1.29 is 21.9 Å². The summed E-state index contributed by atoms with van der Waals surface area (Å²) in [6.07, 6.45) is -0.948. The summed E-state index contributed by atoms with van der Waals surface area (Å²) in [6.45, 7) is -0.0862. The van der Waals surface area contributed by atoms with E-state index in [0.29, 0.717) is 0 Å². The van der Waals surface area contributed by atoms with Crippen molar-refractivity contribution in [2.45, 2.75) is 15.9 Å². The van der Waals surface area contributed by atoms with E-state index in [0.717, 1.165) is 12.1 Å². The van der Waals surface area contributed by atoms with E-state index in [-0.39, 0.29) is 23.1 Å². The molecule has 0 bridgehead atoms. The molecule has 0 aliphatic heterocycles. The maximum absolute atomic E-state index is 11.5. The Bertz CT molecular complexity index is 736. The molecule has 0 fully saturated rings. The number of halogens is 2. The number of hydrogen-bond donors (Lipinski definition) is 4. The van der Waals surface area contributed by atoms with E-state index in [2.05, 4.69) is 5.32 Å². The number of alkyl halides is 1. The van der Waals surface area contributed by atoms with Gasteiger partial charge in [-0.3, -0.25) is 0 Å². The summed E-state index contributed by atoms with van der Waals surface area (Å²) in [5.74, 6) is -0.0826. The molecular weight excluding hydrogens is 365 g/mol. The van der Waals surface area contributed by atoms with Crippen LogP contribution >= 0.6 is 23.2 Å². The fraction of sp³-hybridized carbons (Fsp3) is 0.333. The van der Waals surface area contributed by atoms with Gasteiger partial charge in [-0.15, -0.1) is 11.6 Å². The van der Waals surface area contributed by atoms with Crippen molar-refractivity contribution in [2.75, 3.05) is 17.7 Å². The van der Waals surface area contributed by atoms with Gasteiger partial charge < -0.3 is 10.4 Å². The average molecular weight is 378 g/mol. The standard InChI is InChI=1S/C9H13Cl2N3O5S2/c10-3-5(15)4-14-7-1-6(11)8(20(12,16)17)2-9(7)21(13,18)19/h1-2,5,14-15H,3-4H2,(H2,12,16,17)(H2,13,18,19). The van der Waals surface area contributed by atoms with E-state index >= 15 is 0 Å². The number of aliphatic hydroxyl groups excluding tert-OH is 1. The van der Waals surface area contributed by atoms with Crippen LogP contribution in [0.4, 0.5) is 5.69 Å². The summed E-state index contributed by atoms with van der Waals surface area (Å²) in [5, 5.41) is 21.6. The molecule has 0 radical (unpaired) electrons. The van der Waals surface area contributed by atoms with Gasteiger partial charge in [0.15, 0.2) is 0 Å². The molecule has 0 amide bonds. The van der Waals surface area contributed by atoms with Gasteiger partial charge in [0.2, 0.25) is 20.0 Å². The number of rotatable bonds is 6. The van der Waals surface area contributed by atoms with Crippen molar-refractivity contribution in [1.29, 1.82) is 0 Å². The highest BCUT2D eigenvalue weighted by atomic mass is 35.5. The first-order valence-corrected chi connectivity index (χ1v) is 9.34. The Morgan fingerprint density at radius 1 is 1.14 bits per heavy atom. The minimum Gasteiger partial charge on any atom is -0.390 e. The van der Waals surface area contributed by atoms with Gasteiger partial charge in [0.1, 0.15) is 9.79 Å². The molecule has 6 N–H and O–H groups in total. The van der Waals surface area contributed by atoms with Crippen LogP contribution in [0.2, 0.25) is 5.02 Å². The van der Waals surface area contributed by atoms with Crippen molar-refractivity contribution in [3.8, 4) is 0 Å². The van der Waals surface area contributed by atoms with Gasteiger partial charge in [-0.05, 0) is 12.1 Å². The predicted octanol–water partition coefficient (Wildman–Crippen LogP) is -0.354. The first-order valence-electron chi connectivity index (χ1n) is 5.34. The van der Waals surface area contributed by atoms with Gasteiger partial charge in [-0.1, -0.05) is 11.6 Å². The smallest absolute Gasteiger partial charge is 0.240 e. The zero-order valence-electron chi connectivity index (χ0n) is 10.5. The molecule has 0 aliphatic rings. The Morgan fingerprint density at radius 2 is 1.67 bits per heavy atom. The minimum atomic E-state index is -4.24. The van der Waals surface area contributed by atoms with Crippen LogP contribution in [0.25, 0.3) is 0 Å². The lowest BCUT2D eigenvalue weighted by molar-refractivity contribution is 0.211. The monoisotopic (exact) mass is 377 g/mol. The lowest BCUT2D eigenvalue weighted by Crippen LogP contribution is -2.23. The molecule has 120 valence electrons. The predicted molar refractivity (Wildman–Crippen MR) is 79.4 cm³/mol. The molecule has 1 aromatic carbocycles. The van der Waals surface area contributed by atoms with E-state index in [4.69, 9.17) is 33.5 Å². The van der Waals surface area contributed by atoms with Crippen molar-refractivity contribution in [1.82, 2.24) is 0 Å². The number of nitrogens with one attached hydrogen (secondary N) is 1. The molecule has 1 unspecified atom stereocenters. The maximum atomic E-state index is 11.5. The second-order valence-corrected chi connectivity index (χ2v) is 7.83. The topological polar surface area (TPSA) is 153 Å². The number of aliphatic hydroxyl groups is 1. The van der Waals surface area contributed by atoms with Crippen LogP contribution in [-0.4, -0.2) is 40.5 Å². The van der Waals surface area contributed by atoms with Crippen LogP contribution in [-0.2, 0) is 20.0 Å². The van der Waals surface area contributed by atoms with Crippen LogP contribution in [0.1, 0.15) is 0 Å². The van der Waals surface area contributed by atoms with E-state index in [1.54, 1.807) is 0 Å². The van der Waals surface area contributed by atoms with Gasteiger partial charge in [-0.2, -0.15) is 0 Å². The maximum Gasteiger partial charge on any atom is 0.240 e. The fourth-order valence-electron chi connectivity index (χ4n) is 1.41. The number of primary sulfonamides is 2. The number of anilines is 1. The number of nitrogens with two attached hydrogens (primary N) is 2. The second-order valence-electron chi connectivity index (χ2n) is 4.06. The largest absolute Gasteiger partial charge is 0.390 e. The number of sulfonamides is 2. The summed E-state index contributed by atoms with van der Waals surface area (Å²) in [7, 11) is -8.46. The van der Waals surface area contributed by atoms with Crippen LogP contribution in [0.3, 0.4) is 0 Å². The molecule has 12 heteroatoms. The van der Waals surface area contributed by atoms with Gasteiger partial charge in [0.05, 0.1) is 22.7 Å². The molecular formula is C9H13Cl2N3O5S2. The molecule has 0 heterocycles. The first-order chi connectivity index (χ1) is 9.46. The van der Waals surface area contributed by atoms with E-state index < -0.39 is 35.9 Å². The van der Waals surface area contributed by atoms with Crippen LogP contribution in [0.5, 0.6) is 0 Å². The molecule has 0 saturated carbocycles. The normalized spacial score (nSPS) is 14.0. The molecule has 0 aliphatic carbocycles. The molecule has 1 aromatic rings. The summed E-state index contributed by atoms with van der Waals surface area (Å²) in [5.41, 5.74) is -0.0703. The molecule has 0 saturated heterocycles. The third kappa shape index (κ3) is 4.95. The third-order valence-electron chi connectivity index (χ3n) is 2.35. The zero-order valence-corrected chi connectivity index (χ0v) is 13.6. The molecule has 8 nitrogen and oxygen atoms in total. The molecule has 1 rings (SSSR count). The van der Waals surface area contributed by atoms with Crippen molar-refractivity contribution in [3.05, 3.63) is 17.2 Å². The Kier molecular flexibility index (Phi) is 5.83. The highest BCUT2D eigenvalue weighted by Crippen LogP contribution is 2.30. The lowest BCUT2D eigenvalue weighted by Gasteiger charge is -2.15. The second kappa shape index (κ2) is 6.65. The summed E-state index contributed by atoms with van der Waals surface area (Å²) < 4.78 is 45.7. The highest BCUT2D eigenvalue weighted by Gasteiger charge is 2.22. The SMILES string of the molecule is NS(=O)(=O)c1cc(S(N)(=O)=O)c(NCC(O)CCl)cc1Cl. The van der Waals surface area contributed by atoms with Crippen LogP contribution < -0.4 is 15.6 Å². The Morgan fingerprint density at radius 3 is 2.10 bits per heavy atom. The summed E-state index contributed by atoms with van der Waals surface area (Å²) in [4.78, 5) is -1.09. The summed E-state index contributed by atoms with van der Waals surface area (Å²) in [6, 6.07) is 1.80. The molecule has 21 heavy (non-hydrogen) atoms. The molecule has 0 aromatic heterocycles. The Hall–Kier alpha value is -0.620. The lowest BCUT2D eigenvalue weighted by atomic mass is 10.3. The molecule has 1 atom stereocenters. The van der Waals surface area contributed by atoms with Gasteiger partial charge in [0.25, 0.3) is 0 Å². The number of hydrogen-bond acceptors (Lipinski definition) is 6. The van der Waals surface area contributed by atoms with Crippen LogP contribution in [0, 0.1) is 0 Å². The zero-order chi connectivity index (χ0) is 16.4. The third-order valence-corrected chi connectivity index (χ3v) is 5.04. The van der Waals surface area contributed by atoms with Gasteiger partial charge >= 0.3 is 0 Å². The van der Waals surface area contributed by atoms with Crippen molar-refractivity contribution in [3.63, 3.8) is 0 Å². The van der Waals surface area contributed by atoms with Gasteiger partial charge in [-0.25, -0.2) is 27.1 Å². The van der Waals surface area contributed by atoms with E-state index in [9.17, 15) is 21.9 Å².